The summed E-state index contributed by atoms with van der Waals surface area (Å²) in [6, 6.07) is 5.10. The highest BCUT2D eigenvalue weighted by molar-refractivity contribution is 6.03. The Hall–Kier alpha value is -2.50. The Morgan fingerprint density at radius 2 is 2.00 bits per heavy atom. The zero-order valence-corrected chi connectivity index (χ0v) is 10.9. The van der Waals surface area contributed by atoms with Crippen LogP contribution < -0.4 is 14.8 Å². The molecular formula is C13H14N2O4. The molecule has 1 aromatic heterocycles. The van der Waals surface area contributed by atoms with Crippen LogP contribution in [-0.4, -0.2) is 25.3 Å². The molecule has 1 heterocycles. The predicted octanol–water partition coefficient (Wildman–Crippen LogP) is 2.25. The highest BCUT2D eigenvalue weighted by Crippen LogP contribution is 2.29. The van der Waals surface area contributed by atoms with Gasteiger partial charge in [0, 0.05) is 17.3 Å². The maximum Gasteiger partial charge on any atom is 0.278 e. The van der Waals surface area contributed by atoms with E-state index in [1.807, 2.05) is 0 Å². The lowest BCUT2D eigenvalue weighted by atomic mass is 10.2. The molecule has 1 amide bonds. The fraction of sp³-hybridized carbons (Fsp3) is 0.231. The van der Waals surface area contributed by atoms with E-state index in [-0.39, 0.29) is 11.6 Å². The highest BCUT2D eigenvalue weighted by atomic mass is 16.5. The number of carbonyl (C=O) groups excluding carboxylic acids is 1. The number of aryl methyl sites for hydroxylation is 1. The van der Waals surface area contributed by atoms with Crippen molar-refractivity contribution >= 4 is 11.6 Å². The number of rotatable bonds is 4. The molecule has 0 saturated heterocycles. The molecule has 0 spiro atoms. The first kappa shape index (κ1) is 12.9. The van der Waals surface area contributed by atoms with Gasteiger partial charge in [0.25, 0.3) is 5.91 Å². The standard InChI is InChI=1S/C13H14N2O4/c1-8-7-19-15-12(8)13(16)14-9-4-5-10(17-2)11(6-9)18-3/h4-7H,1-3H3,(H,14,16). The van der Waals surface area contributed by atoms with Crippen molar-refractivity contribution in [1.82, 2.24) is 5.16 Å². The van der Waals surface area contributed by atoms with Crippen LogP contribution in [0.2, 0.25) is 0 Å². The van der Waals surface area contributed by atoms with E-state index in [9.17, 15) is 4.79 Å². The largest absolute Gasteiger partial charge is 0.493 e. The lowest BCUT2D eigenvalue weighted by Gasteiger charge is -2.10. The monoisotopic (exact) mass is 262 g/mol. The highest BCUT2D eigenvalue weighted by Gasteiger charge is 2.14. The smallest absolute Gasteiger partial charge is 0.278 e. The summed E-state index contributed by atoms with van der Waals surface area (Å²) in [5, 5.41) is 6.36. The van der Waals surface area contributed by atoms with Crippen LogP contribution in [-0.2, 0) is 0 Å². The van der Waals surface area contributed by atoms with Gasteiger partial charge in [-0.2, -0.15) is 0 Å². The number of carbonyl (C=O) groups is 1. The van der Waals surface area contributed by atoms with E-state index >= 15 is 0 Å². The first-order chi connectivity index (χ1) is 9.15. The predicted molar refractivity (Wildman–Crippen MR) is 68.7 cm³/mol. The summed E-state index contributed by atoms with van der Waals surface area (Å²) in [6.45, 7) is 1.75. The van der Waals surface area contributed by atoms with Crippen LogP contribution in [0.25, 0.3) is 0 Å². The minimum atomic E-state index is -0.335. The number of anilines is 1. The van der Waals surface area contributed by atoms with E-state index in [1.54, 1.807) is 32.2 Å². The third-order valence-electron chi connectivity index (χ3n) is 2.60. The first-order valence-electron chi connectivity index (χ1n) is 5.60. The number of nitrogens with zero attached hydrogens (tertiary/aromatic N) is 1. The van der Waals surface area contributed by atoms with E-state index in [2.05, 4.69) is 10.5 Å². The van der Waals surface area contributed by atoms with Crippen molar-refractivity contribution in [1.29, 1.82) is 0 Å². The number of hydrogen-bond donors (Lipinski definition) is 1. The molecule has 0 fully saturated rings. The molecule has 0 aliphatic rings. The average molecular weight is 262 g/mol. The Kier molecular flexibility index (Phi) is 3.70. The summed E-state index contributed by atoms with van der Waals surface area (Å²) in [5.74, 6) is 0.800. The Bertz CT molecular complexity index is 592. The molecular weight excluding hydrogens is 248 g/mol. The molecule has 1 N–H and O–H groups in total. The first-order valence-corrected chi connectivity index (χ1v) is 5.60. The minimum Gasteiger partial charge on any atom is -0.493 e. The van der Waals surface area contributed by atoms with Crippen molar-refractivity contribution in [3.8, 4) is 11.5 Å². The van der Waals surface area contributed by atoms with Crippen LogP contribution in [0, 0.1) is 6.92 Å². The van der Waals surface area contributed by atoms with Gasteiger partial charge in [-0.05, 0) is 19.1 Å². The summed E-state index contributed by atoms with van der Waals surface area (Å²) in [4.78, 5) is 11.9. The quantitative estimate of drug-likeness (QED) is 0.914. The lowest BCUT2D eigenvalue weighted by molar-refractivity contribution is 0.101. The molecule has 0 saturated carbocycles. The summed E-state index contributed by atoms with van der Waals surface area (Å²) in [5.41, 5.74) is 1.53. The third kappa shape index (κ3) is 2.67. The number of methoxy groups -OCH3 is 2. The molecule has 1 aromatic carbocycles. The summed E-state index contributed by atoms with van der Waals surface area (Å²) >= 11 is 0. The lowest BCUT2D eigenvalue weighted by Crippen LogP contribution is -2.13. The van der Waals surface area contributed by atoms with Gasteiger partial charge in [-0.3, -0.25) is 4.79 Å². The summed E-state index contributed by atoms with van der Waals surface area (Å²) in [6.07, 6.45) is 1.42. The van der Waals surface area contributed by atoms with Gasteiger partial charge in [-0.15, -0.1) is 0 Å². The van der Waals surface area contributed by atoms with Crippen LogP contribution in [0.15, 0.2) is 29.0 Å². The second-order valence-electron chi connectivity index (χ2n) is 3.87. The van der Waals surface area contributed by atoms with E-state index in [1.165, 1.54) is 13.4 Å². The second kappa shape index (κ2) is 5.43. The molecule has 0 atom stereocenters. The van der Waals surface area contributed by atoms with Gasteiger partial charge in [0.15, 0.2) is 17.2 Å². The van der Waals surface area contributed by atoms with Crippen molar-refractivity contribution in [2.75, 3.05) is 19.5 Å². The maximum absolute atomic E-state index is 11.9. The van der Waals surface area contributed by atoms with Gasteiger partial charge < -0.3 is 19.3 Å². The van der Waals surface area contributed by atoms with E-state index in [4.69, 9.17) is 14.0 Å². The molecule has 0 aliphatic heterocycles. The Balaban J connectivity index is 2.20. The number of hydrogen-bond acceptors (Lipinski definition) is 5. The Labute approximate surface area is 110 Å². The van der Waals surface area contributed by atoms with E-state index in [0.29, 0.717) is 22.7 Å². The molecule has 0 bridgehead atoms. The molecule has 0 aliphatic carbocycles. The van der Waals surface area contributed by atoms with Crippen molar-refractivity contribution in [2.45, 2.75) is 6.92 Å². The summed E-state index contributed by atoms with van der Waals surface area (Å²) in [7, 11) is 3.08. The van der Waals surface area contributed by atoms with Gasteiger partial charge in [0.2, 0.25) is 0 Å². The third-order valence-corrected chi connectivity index (χ3v) is 2.60. The number of amides is 1. The number of nitrogens with one attached hydrogen (secondary N) is 1. The molecule has 100 valence electrons. The van der Waals surface area contributed by atoms with Gasteiger partial charge in [0.05, 0.1) is 14.2 Å². The van der Waals surface area contributed by atoms with Gasteiger partial charge in [0.1, 0.15) is 6.26 Å². The van der Waals surface area contributed by atoms with Crippen LogP contribution in [0.1, 0.15) is 16.1 Å². The number of aromatic nitrogens is 1. The second-order valence-corrected chi connectivity index (χ2v) is 3.87. The fourth-order valence-corrected chi connectivity index (χ4v) is 1.61. The maximum atomic E-state index is 11.9. The van der Waals surface area contributed by atoms with E-state index in [0.717, 1.165) is 0 Å². The van der Waals surface area contributed by atoms with Crippen molar-refractivity contribution in [3.05, 3.63) is 35.7 Å². The van der Waals surface area contributed by atoms with Crippen LogP contribution in [0.3, 0.4) is 0 Å². The number of benzene rings is 1. The van der Waals surface area contributed by atoms with Crippen molar-refractivity contribution < 1.29 is 18.8 Å². The van der Waals surface area contributed by atoms with Crippen LogP contribution >= 0.6 is 0 Å². The van der Waals surface area contributed by atoms with Gasteiger partial charge in [-0.25, -0.2) is 0 Å². The topological polar surface area (TPSA) is 73.6 Å². The molecule has 2 rings (SSSR count). The van der Waals surface area contributed by atoms with Gasteiger partial charge >= 0.3 is 0 Å². The Morgan fingerprint density at radius 3 is 2.58 bits per heavy atom. The van der Waals surface area contributed by atoms with Crippen molar-refractivity contribution in [2.24, 2.45) is 0 Å². The SMILES string of the molecule is COc1ccc(NC(=O)c2nocc2C)cc1OC. The van der Waals surface area contributed by atoms with Crippen LogP contribution in [0.4, 0.5) is 5.69 Å². The Morgan fingerprint density at radius 1 is 1.26 bits per heavy atom. The summed E-state index contributed by atoms with van der Waals surface area (Å²) < 4.78 is 15.0. The zero-order chi connectivity index (χ0) is 13.8. The van der Waals surface area contributed by atoms with Gasteiger partial charge in [-0.1, -0.05) is 5.16 Å². The normalized spacial score (nSPS) is 10.1. The average Bonchev–Trinajstić information content (AvgIpc) is 2.85. The van der Waals surface area contributed by atoms with Crippen LogP contribution in [0.5, 0.6) is 11.5 Å². The molecule has 6 nitrogen and oxygen atoms in total. The van der Waals surface area contributed by atoms with E-state index < -0.39 is 0 Å². The fourth-order valence-electron chi connectivity index (χ4n) is 1.61. The van der Waals surface area contributed by atoms with Crippen molar-refractivity contribution in [3.63, 3.8) is 0 Å². The molecule has 19 heavy (non-hydrogen) atoms. The number of ether oxygens (including phenoxy) is 2. The molecule has 6 heteroatoms. The zero-order valence-electron chi connectivity index (χ0n) is 10.9. The molecule has 0 unspecified atom stereocenters. The molecule has 0 radical (unpaired) electrons. The minimum absolute atomic E-state index is 0.259. The molecule has 2 aromatic rings.